The Hall–Kier alpha value is -3.52. The highest BCUT2D eigenvalue weighted by molar-refractivity contribution is 6.00. The van der Waals surface area contributed by atoms with Crippen molar-refractivity contribution >= 4 is 5.78 Å². The molecule has 0 unspecified atom stereocenters. The van der Waals surface area contributed by atoms with E-state index in [4.69, 9.17) is 9.47 Å². The molecule has 32 heavy (non-hydrogen) atoms. The second-order valence-corrected chi connectivity index (χ2v) is 9.25. The number of carbonyl (C=O) groups is 1. The van der Waals surface area contributed by atoms with Gasteiger partial charge in [-0.25, -0.2) is 0 Å². The fraction of sp³-hybridized carbons (Fsp3) is 0.333. The Morgan fingerprint density at radius 1 is 1.06 bits per heavy atom. The van der Waals surface area contributed by atoms with Crippen molar-refractivity contribution in [3.05, 3.63) is 82.2 Å². The van der Waals surface area contributed by atoms with Gasteiger partial charge < -0.3 is 14.8 Å². The van der Waals surface area contributed by atoms with E-state index in [1.54, 1.807) is 7.11 Å². The van der Waals surface area contributed by atoms with Gasteiger partial charge in [0.15, 0.2) is 5.78 Å². The van der Waals surface area contributed by atoms with Gasteiger partial charge in [0.2, 0.25) is 0 Å². The highest BCUT2D eigenvalue weighted by atomic mass is 16.5. The average molecular weight is 429 g/mol. The lowest BCUT2D eigenvalue weighted by Crippen LogP contribution is -2.36. The van der Waals surface area contributed by atoms with E-state index in [2.05, 4.69) is 25.2 Å². The molecule has 5 nitrogen and oxygen atoms in total. The molecule has 0 fully saturated rings. The van der Waals surface area contributed by atoms with Crippen molar-refractivity contribution in [1.82, 2.24) is 5.32 Å². The number of carbonyl (C=O) groups excluding carboxylic acids is 1. The van der Waals surface area contributed by atoms with Gasteiger partial charge in [0.25, 0.3) is 0 Å². The van der Waals surface area contributed by atoms with E-state index in [1.807, 2.05) is 55.5 Å². The number of nitrogens with zero attached hydrogens (tertiary/aromatic N) is 1. The predicted octanol–water partition coefficient (Wildman–Crippen LogP) is 5.40. The van der Waals surface area contributed by atoms with Crippen LogP contribution in [0.15, 0.2) is 71.1 Å². The van der Waals surface area contributed by atoms with Gasteiger partial charge in [0.05, 0.1) is 24.7 Å². The third-order valence-corrected chi connectivity index (χ3v) is 6.14. The number of ketones is 1. The Morgan fingerprint density at radius 2 is 1.72 bits per heavy atom. The fourth-order valence-corrected chi connectivity index (χ4v) is 4.56. The number of benzene rings is 2. The van der Waals surface area contributed by atoms with Crippen molar-refractivity contribution in [1.29, 1.82) is 5.26 Å². The van der Waals surface area contributed by atoms with Crippen LogP contribution in [-0.4, -0.2) is 12.9 Å². The standard InChI is InChI=1S/C27H28N2O3/c1-17-22(15-28)25(26-23(29-17)13-27(2,3)14-24(26)30)19-7-11-21(12-8-19)32-16-18-5-9-20(31-4)10-6-18/h5-12,25,29H,13-14,16H2,1-4H3/t25-/m1/s1. The molecule has 164 valence electrons. The monoisotopic (exact) mass is 428 g/mol. The Morgan fingerprint density at radius 3 is 2.34 bits per heavy atom. The molecule has 0 aromatic heterocycles. The first-order chi connectivity index (χ1) is 15.3. The zero-order valence-electron chi connectivity index (χ0n) is 19.0. The van der Waals surface area contributed by atoms with Gasteiger partial charge in [-0.3, -0.25) is 4.79 Å². The van der Waals surface area contributed by atoms with Gasteiger partial charge in [0.1, 0.15) is 18.1 Å². The van der Waals surface area contributed by atoms with Crippen molar-refractivity contribution < 1.29 is 14.3 Å². The van der Waals surface area contributed by atoms with Crippen LogP contribution in [-0.2, 0) is 11.4 Å². The second-order valence-electron chi connectivity index (χ2n) is 9.25. The first-order valence-corrected chi connectivity index (χ1v) is 10.8. The average Bonchev–Trinajstić information content (AvgIpc) is 2.76. The molecule has 2 aromatic carbocycles. The van der Waals surface area contributed by atoms with Crippen LogP contribution in [0.1, 0.15) is 50.7 Å². The third-order valence-electron chi connectivity index (χ3n) is 6.14. The summed E-state index contributed by atoms with van der Waals surface area (Å²) in [5.74, 6) is 1.33. The number of hydrogen-bond donors (Lipinski definition) is 1. The molecule has 0 radical (unpaired) electrons. The van der Waals surface area contributed by atoms with Crippen molar-refractivity contribution in [2.75, 3.05) is 7.11 Å². The fourth-order valence-electron chi connectivity index (χ4n) is 4.56. The van der Waals surface area contributed by atoms with Crippen LogP contribution in [0.2, 0.25) is 0 Å². The molecule has 1 N–H and O–H groups in total. The van der Waals surface area contributed by atoms with E-state index >= 15 is 0 Å². The number of methoxy groups -OCH3 is 1. The molecule has 1 heterocycles. The SMILES string of the molecule is COc1ccc(COc2ccc([C@@H]3C(C#N)=C(C)NC4=C3C(=O)CC(C)(C)C4)cc2)cc1. The Kier molecular flexibility index (Phi) is 5.80. The van der Waals surface area contributed by atoms with E-state index in [-0.39, 0.29) is 17.1 Å². The van der Waals surface area contributed by atoms with Gasteiger partial charge >= 0.3 is 0 Å². The number of ether oxygens (including phenoxy) is 2. The van der Waals surface area contributed by atoms with Gasteiger partial charge in [-0.1, -0.05) is 38.1 Å². The molecule has 4 rings (SSSR count). The summed E-state index contributed by atoms with van der Waals surface area (Å²) in [5, 5.41) is 13.2. The van der Waals surface area contributed by atoms with Crippen LogP contribution in [0, 0.1) is 16.7 Å². The summed E-state index contributed by atoms with van der Waals surface area (Å²) in [6, 6.07) is 17.8. The maximum absolute atomic E-state index is 13.1. The van der Waals surface area contributed by atoms with Crippen LogP contribution in [0.25, 0.3) is 0 Å². The topological polar surface area (TPSA) is 71.3 Å². The molecule has 0 amide bonds. The minimum atomic E-state index is -0.338. The van der Waals surface area contributed by atoms with Gasteiger partial charge in [-0.2, -0.15) is 5.26 Å². The molecule has 5 heteroatoms. The summed E-state index contributed by atoms with van der Waals surface area (Å²) in [6.45, 7) is 6.58. The number of dihydropyridines is 1. The molecule has 0 saturated carbocycles. The maximum atomic E-state index is 13.1. The van der Waals surface area contributed by atoms with E-state index in [9.17, 15) is 10.1 Å². The number of nitrogens with one attached hydrogen (secondary N) is 1. The summed E-state index contributed by atoms with van der Waals surface area (Å²) in [6.07, 6.45) is 1.29. The molecule has 1 aliphatic carbocycles. The van der Waals surface area contributed by atoms with Gasteiger partial charge in [0, 0.05) is 23.4 Å². The van der Waals surface area contributed by atoms with Crippen LogP contribution >= 0.6 is 0 Å². The minimum Gasteiger partial charge on any atom is -0.497 e. The number of nitriles is 1. The van der Waals surface area contributed by atoms with Gasteiger partial charge in [-0.15, -0.1) is 0 Å². The minimum absolute atomic E-state index is 0.0863. The molecule has 1 atom stereocenters. The highest BCUT2D eigenvalue weighted by Crippen LogP contribution is 2.46. The molecule has 0 saturated heterocycles. The van der Waals surface area contributed by atoms with Crippen LogP contribution in [0.4, 0.5) is 0 Å². The Balaban J connectivity index is 1.58. The zero-order chi connectivity index (χ0) is 22.9. The smallest absolute Gasteiger partial charge is 0.162 e. The lowest BCUT2D eigenvalue weighted by molar-refractivity contribution is -0.118. The highest BCUT2D eigenvalue weighted by Gasteiger charge is 2.41. The Labute approximate surface area is 189 Å². The Bertz CT molecular complexity index is 1130. The lowest BCUT2D eigenvalue weighted by Gasteiger charge is -2.38. The summed E-state index contributed by atoms with van der Waals surface area (Å²) in [5.41, 5.74) is 5.00. The molecular formula is C27H28N2O3. The number of hydrogen-bond acceptors (Lipinski definition) is 5. The molecule has 2 aliphatic rings. The quantitative estimate of drug-likeness (QED) is 0.690. The van der Waals surface area contributed by atoms with Crippen molar-refractivity contribution in [3.63, 3.8) is 0 Å². The zero-order valence-corrected chi connectivity index (χ0v) is 19.0. The summed E-state index contributed by atoms with van der Waals surface area (Å²) < 4.78 is 11.1. The summed E-state index contributed by atoms with van der Waals surface area (Å²) in [4.78, 5) is 13.1. The second kappa shape index (κ2) is 8.55. The number of allylic oxidation sites excluding steroid dienone is 4. The molecular weight excluding hydrogens is 400 g/mol. The first kappa shape index (κ1) is 21.7. The molecule has 0 spiro atoms. The van der Waals surface area contributed by atoms with Crippen LogP contribution in [0.5, 0.6) is 11.5 Å². The molecule has 1 aliphatic heterocycles. The summed E-state index contributed by atoms with van der Waals surface area (Å²) in [7, 11) is 1.64. The van der Waals surface area contributed by atoms with E-state index < -0.39 is 0 Å². The molecule has 2 aromatic rings. The maximum Gasteiger partial charge on any atom is 0.162 e. The lowest BCUT2D eigenvalue weighted by atomic mass is 9.69. The first-order valence-electron chi connectivity index (χ1n) is 10.8. The van der Waals surface area contributed by atoms with Crippen molar-refractivity contribution in [2.24, 2.45) is 5.41 Å². The van der Waals surface area contributed by atoms with Crippen molar-refractivity contribution in [3.8, 4) is 17.6 Å². The largest absolute Gasteiger partial charge is 0.497 e. The third kappa shape index (κ3) is 4.27. The van der Waals surface area contributed by atoms with Crippen LogP contribution < -0.4 is 14.8 Å². The number of Topliss-reactive ketones (excluding diaryl/α,β-unsaturated/α-hetero) is 1. The van der Waals surface area contributed by atoms with Crippen molar-refractivity contribution in [2.45, 2.75) is 46.1 Å². The van der Waals surface area contributed by atoms with E-state index in [0.29, 0.717) is 18.6 Å². The number of rotatable bonds is 5. The summed E-state index contributed by atoms with van der Waals surface area (Å²) >= 11 is 0. The molecule has 0 bridgehead atoms. The van der Waals surface area contributed by atoms with E-state index in [0.717, 1.165) is 46.0 Å². The predicted molar refractivity (Wildman–Crippen MR) is 123 cm³/mol. The van der Waals surface area contributed by atoms with Crippen LogP contribution in [0.3, 0.4) is 0 Å². The normalized spacial score (nSPS) is 19.7. The van der Waals surface area contributed by atoms with E-state index in [1.165, 1.54) is 0 Å². The van der Waals surface area contributed by atoms with Gasteiger partial charge in [-0.05, 0) is 54.2 Å².